The standard InChI is InChI=1S/C15H17N5O2/c1-10-6-12(16)7-13(19-10)14-9-20(4-5-22-14)15(21)11-2-3-17-18-8-11/h2-3,6-8,14H,4-5,9H2,1H3,(H2,16,19). The molecule has 22 heavy (non-hydrogen) atoms. The van der Waals surface area contributed by atoms with Crippen LogP contribution < -0.4 is 5.73 Å². The fraction of sp³-hybridized carbons (Fsp3) is 0.333. The number of nitrogens with two attached hydrogens (primary N) is 1. The van der Waals surface area contributed by atoms with E-state index in [0.29, 0.717) is 30.9 Å². The smallest absolute Gasteiger partial charge is 0.255 e. The van der Waals surface area contributed by atoms with Crippen LogP contribution in [0.5, 0.6) is 0 Å². The Bertz CT molecular complexity index is 657. The van der Waals surface area contributed by atoms with E-state index >= 15 is 0 Å². The minimum Gasteiger partial charge on any atom is -0.399 e. The van der Waals surface area contributed by atoms with Crippen LogP contribution in [-0.4, -0.2) is 45.7 Å². The second-order valence-corrected chi connectivity index (χ2v) is 5.21. The number of nitrogens with zero attached hydrogens (tertiary/aromatic N) is 4. The first-order valence-electron chi connectivity index (χ1n) is 7.05. The molecule has 2 N–H and O–H groups in total. The Hall–Kier alpha value is -2.54. The fourth-order valence-electron chi connectivity index (χ4n) is 2.50. The summed E-state index contributed by atoms with van der Waals surface area (Å²) >= 11 is 0. The highest BCUT2D eigenvalue weighted by atomic mass is 16.5. The molecule has 0 aromatic carbocycles. The summed E-state index contributed by atoms with van der Waals surface area (Å²) in [7, 11) is 0. The van der Waals surface area contributed by atoms with Crippen LogP contribution >= 0.6 is 0 Å². The van der Waals surface area contributed by atoms with E-state index in [1.807, 2.05) is 6.92 Å². The van der Waals surface area contributed by atoms with E-state index in [4.69, 9.17) is 10.5 Å². The van der Waals surface area contributed by atoms with Crippen molar-refractivity contribution >= 4 is 11.6 Å². The Morgan fingerprint density at radius 1 is 1.41 bits per heavy atom. The van der Waals surface area contributed by atoms with Gasteiger partial charge in [0.1, 0.15) is 6.10 Å². The molecule has 3 rings (SSSR count). The van der Waals surface area contributed by atoms with Gasteiger partial charge >= 0.3 is 0 Å². The molecule has 0 aliphatic carbocycles. The molecule has 0 bridgehead atoms. The van der Waals surface area contributed by atoms with E-state index in [1.54, 1.807) is 23.1 Å². The van der Waals surface area contributed by atoms with Gasteiger partial charge in [-0.15, -0.1) is 0 Å². The predicted molar refractivity (Wildman–Crippen MR) is 80.0 cm³/mol. The summed E-state index contributed by atoms with van der Waals surface area (Å²) in [4.78, 5) is 18.7. The molecule has 1 aliphatic rings. The van der Waals surface area contributed by atoms with Gasteiger partial charge in [-0.05, 0) is 25.1 Å². The van der Waals surface area contributed by atoms with Gasteiger partial charge in [-0.25, -0.2) is 0 Å². The van der Waals surface area contributed by atoms with Crippen LogP contribution in [0.2, 0.25) is 0 Å². The lowest BCUT2D eigenvalue weighted by Crippen LogP contribution is -2.42. The number of ether oxygens (including phenoxy) is 1. The van der Waals surface area contributed by atoms with Gasteiger partial charge in [0.15, 0.2) is 0 Å². The van der Waals surface area contributed by atoms with E-state index in [1.165, 1.54) is 12.4 Å². The number of anilines is 1. The largest absolute Gasteiger partial charge is 0.399 e. The molecule has 2 aromatic rings. The summed E-state index contributed by atoms with van der Waals surface area (Å²) in [5, 5.41) is 7.43. The topological polar surface area (TPSA) is 94.2 Å². The molecule has 3 heterocycles. The van der Waals surface area contributed by atoms with Crippen molar-refractivity contribution in [2.75, 3.05) is 25.4 Å². The Morgan fingerprint density at radius 2 is 2.27 bits per heavy atom. The maximum absolute atomic E-state index is 12.5. The SMILES string of the molecule is Cc1cc(N)cc(C2CN(C(=O)c3ccnnc3)CCO2)n1. The van der Waals surface area contributed by atoms with Crippen molar-refractivity contribution in [2.45, 2.75) is 13.0 Å². The number of hydrogen-bond acceptors (Lipinski definition) is 6. The van der Waals surface area contributed by atoms with Gasteiger partial charge in [0.25, 0.3) is 5.91 Å². The number of rotatable bonds is 2. The van der Waals surface area contributed by atoms with Crippen LogP contribution in [0.3, 0.4) is 0 Å². The van der Waals surface area contributed by atoms with Gasteiger partial charge in [0.05, 0.1) is 36.8 Å². The Morgan fingerprint density at radius 3 is 3.00 bits per heavy atom. The highest BCUT2D eigenvalue weighted by Crippen LogP contribution is 2.23. The van der Waals surface area contributed by atoms with E-state index in [-0.39, 0.29) is 12.0 Å². The van der Waals surface area contributed by atoms with Gasteiger partial charge in [-0.2, -0.15) is 10.2 Å². The van der Waals surface area contributed by atoms with Crippen LogP contribution in [0.4, 0.5) is 5.69 Å². The predicted octanol–water partition coefficient (Wildman–Crippen LogP) is 0.976. The summed E-state index contributed by atoms with van der Waals surface area (Å²) in [6.45, 7) is 3.33. The van der Waals surface area contributed by atoms with Crippen molar-refractivity contribution in [3.8, 4) is 0 Å². The summed E-state index contributed by atoms with van der Waals surface area (Å²) < 4.78 is 5.75. The summed E-state index contributed by atoms with van der Waals surface area (Å²) in [6.07, 6.45) is 2.71. The first-order valence-corrected chi connectivity index (χ1v) is 7.05. The molecule has 1 unspecified atom stereocenters. The van der Waals surface area contributed by atoms with Gasteiger partial charge in [0, 0.05) is 17.9 Å². The van der Waals surface area contributed by atoms with Crippen LogP contribution in [0.25, 0.3) is 0 Å². The lowest BCUT2D eigenvalue weighted by molar-refractivity contribution is -0.0247. The molecule has 114 valence electrons. The van der Waals surface area contributed by atoms with Crippen molar-refractivity contribution in [2.24, 2.45) is 0 Å². The summed E-state index contributed by atoms with van der Waals surface area (Å²) in [6, 6.07) is 5.25. The third-order valence-corrected chi connectivity index (χ3v) is 3.51. The van der Waals surface area contributed by atoms with E-state index in [2.05, 4.69) is 15.2 Å². The molecule has 0 radical (unpaired) electrons. The Balaban J connectivity index is 1.78. The number of carbonyl (C=O) groups is 1. The molecule has 7 heteroatoms. The molecule has 1 saturated heterocycles. The first kappa shape index (κ1) is 14.4. The molecule has 0 spiro atoms. The number of aryl methyl sites for hydroxylation is 1. The van der Waals surface area contributed by atoms with Crippen molar-refractivity contribution in [3.05, 3.63) is 47.5 Å². The number of amides is 1. The van der Waals surface area contributed by atoms with Crippen molar-refractivity contribution in [3.63, 3.8) is 0 Å². The minimum atomic E-state index is -0.269. The van der Waals surface area contributed by atoms with Gasteiger partial charge < -0.3 is 15.4 Å². The molecular weight excluding hydrogens is 282 g/mol. The van der Waals surface area contributed by atoms with Gasteiger partial charge in [-0.3, -0.25) is 9.78 Å². The van der Waals surface area contributed by atoms with Crippen LogP contribution in [-0.2, 0) is 4.74 Å². The third-order valence-electron chi connectivity index (χ3n) is 3.51. The number of morpholine rings is 1. The minimum absolute atomic E-state index is 0.0798. The highest BCUT2D eigenvalue weighted by molar-refractivity contribution is 5.93. The average Bonchev–Trinajstić information content (AvgIpc) is 2.54. The zero-order chi connectivity index (χ0) is 15.5. The molecule has 1 amide bonds. The van der Waals surface area contributed by atoms with E-state index in [9.17, 15) is 4.79 Å². The number of nitrogen functional groups attached to an aromatic ring is 1. The molecule has 1 aliphatic heterocycles. The number of aromatic nitrogens is 3. The van der Waals surface area contributed by atoms with Crippen molar-refractivity contribution < 1.29 is 9.53 Å². The molecule has 0 saturated carbocycles. The van der Waals surface area contributed by atoms with E-state index < -0.39 is 0 Å². The quantitative estimate of drug-likeness (QED) is 0.888. The Kier molecular flexibility index (Phi) is 3.97. The van der Waals surface area contributed by atoms with Crippen molar-refractivity contribution in [1.82, 2.24) is 20.1 Å². The molecule has 2 aromatic heterocycles. The second-order valence-electron chi connectivity index (χ2n) is 5.21. The maximum Gasteiger partial charge on any atom is 0.255 e. The van der Waals surface area contributed by atoms with Gasteiger partial charge in [0.2, 0.25) is 0 Å². The average molecular weight is 299 g/mol. The summed E-state index contributed by atoms with van der Waals surface area (Å²) in [5.41, 5.74) is 8.61. The van der Waals surface area contributed by atoms with Crippen LogP contribution in [0, 0.1) is 6.92 Å². The fourth-order valence-corrected chi connectivity index (χ4v) is 2.50. The number of carbonyl (C=O) groups excluding carboxylic acids is 1. The Labute approximate surface area is 128 Å². The molecule has 7 nitrogen and oxygen atoms in total. The van der Waals surface area contributed by atoms with Crippen LogP contribution in [0.1, 0.15) is 27.8 Å². The van der Waals surface area contributed by atoms with Gasteiger partial charge in [-0.1, -0.05) is 0 Å². The number of hydrogen-bond donors (Lipinski definition) is 1. The normalized spacial score (nSPS) is 18.2. The maximum atomic E-state index is 12.5. The molecular formula is C15H17N5O2. The lowest BCUT2D eigenvalue weighted by Gasteiger charge is -2.32. The van der Waals surface area contributed by atoms with E-state index in [0.717, 1.165) is 11.4 Å². The number of pyridine rings is 1. The highest BCUT2D eigenvalue weighted by Gasteiger charge is 2.27. The zero-order valence-electron chi connectivity index (χ0n) is 12.3. The van der Waals surface area contributed by atoms with Crippen molar-refractivity contribution in [1.29, 1.82) is 0 Å². The first-order chi connectivity index (χ1) is 10.6. The van der Waals surface area contributed by atoms with Crippen LogP contribution in [0.15, 0.2) is 30.6 Å². The third kappa shape index (κ3) is 3.04. The molecule has 1 atom stereocenters. The summed E-state index contributed by atoms with van der Waals surface area (Å²) in [5.74, 6) is -0.0798. The second kappa shape index (κ2) is 6.07. The zero-order valence-corrected chi connectivity index (χ0v) is 12.3. The monoisotopic (exact) mass is 299 g/mol. The molecule has 1 fully saturated rings. The lowest BCUT2D eigenvalue weighted by atomic mass is 10.1.